The maximum Gasteiger partial charge on any atom is 0.230 e. The highest BCUT2D eigenvalue weighted by atomic mass is 19.1. The molecule has 0 saturated carbocycles. The van der Waals surface area contributed by atoms with E-state index in [1.165, 1.54) is 12.1 Å². The van der Waals surface area contributed by atoms with Gasteiger partial charge in [0, 0.05) is 24.8 Å². The number of carbonyl (C=O) groups is 1. The first-order chi connectivity index (χ1) is 19.9. The molecule has 0 radical (unpaired) electrons. The van der Waals surface area contributed by atoms with Crippen LogP contribution in [0.1, 0.15) is 24.6 Å². The van der Waals surface area contributed by atoms with Crippen molar-refractivity contribution >= 4 is 11.9 Å². The number of rotatable bonds is 10. The third-order valence-electron chi connectivity index (χ3n) is 6.64. The van der Waals surface area contributed by atoms with Crippen molar-refractivity contribution in [1.82, 2.24) is 25.3 Å². The predicted molar refractivity (Wildman–Crippen MR) is 148 cm³/mol. The molecule has 1 aliphatic rings. The molecule has 5 rings (SSSR count). The lowest BCUT2D eigenvalue weighted by Crippen LogP contribution is -2.49. The summed E-state index contributed by atoms with van der Waals surface area (Å²) < 4.78 is 30.7. The molecule has 0 aliphatic carbocycles. The summed E-state index contributed by atoms with van der Waals surface area (Å²) in [6.07, 6.45) is 0.772. The van der Waals surface area contributed by atoms with E-state index in [1.807, 2.05) is 24.3 Å². The summed E-state index contributed by atoms with van der Waals surface area (Å²) in [4.78, 5) is 29.5. The number of nitrogens with zero attached hydrogens (tertiary/aromatic N) is 3. The minimum atomic E-state index is -0.919. The largest absolute Gasteiger partial charge is 0.497 e. The smallest absolute Gasteiger partial charge is 0.230 e. The molecule has 11 nitrogen and oxygen atoms in total. The molecule has 214 valence electrons. The van der Waals surface area contributed by atoms with Crippen molar-refractivity contribution in [2.75, 3.05) is 38.8 Å². The third-order valence-corrected chi connectivity index (χ3v) is 6.64. The summed E-state index contributed by atoms with van der Waals surface area (Å²) >= 11 is 0. The van der Waals surface area contributed by atoms with Gasteiger partial charge in [0.15, 0.2) is 5.82 Å². The number of halogens is 1. The van der Waals surface area contributed by atoms with E-state index in [-0.39, 0.29) is 38.1 Å². The van der Waals surface area contributed by atoms with Gasteiger partial charge in [-0.25, -0.2) is 19.3 Å². The van der Waals surface area contributed by atoms with Crippen molar-refractivity contribution in [2.24, 2.45) is 5.41 Å². The molecule has 41 heavy (non-hydrogen) atoms. The number of imidazole rings is 1. The average molecular weight is 563 g/mol. The summed E-state index contributed by atoms with van der Waals surface area (Å²) in [7, 11) is 1.62. The molecule has 0 bridgehead atoms. The van der Waals surface area contributed by atoms with Gasteiger partial charge in [-0.05, 0) is 55.0 Å². The zero-order valence-corrected chi connectivity index (χ0v) is 22.7. The first kappa shape index (κ1) is 28.1. The number of aliphatic hydroxyl groups excluding tert-OH is 1. The lowest BCUT2D eigenvalue weighted by Gasteiger charge is -2.35. The van der Waals surface area contributed by atoms with Crippen molar-refractivity contribution < 1.29 is 28.5 Å². The molecule has 1 aliphatic heterocycles. The number of hydrogen-bond donors (Lipinski definition) is 4. The van der Waals surface area contributed by atoms with Crippen molar-refractivity contribution in [3.8, 4) is 28.4 Å². The number of nitrogens with one attached hydrogen (secondary N) is 3. The molecule has 1 saturated heterocycles. The highest BCUT2D eigenvalue weighted by Crippen LogP contribution is 2.35. The van der Waals surface area contributed by atoms with Crippen LogP contribution < -0.4 is 15.4 Å². The quantitative estimate of drug-likeness (QED) is 0.228. The van der Waals surface area contributed by atoms with Gasteiger partial charge in [0.2, 0.25) is 18.1 Å². The van der Waals surface area contributed by atoms with E-state index in [0.717, 1.165) is 11.3 Å². The van der Waals surface area contributed by atoms with Gasteiger partial charge in [0.05, 0.1) is 49.4 Å². The molecule has 4 N–H and O–H groups in total. The van der Waals surface area contributed by atoms with Crippen LogP contribution in [0.25, 0.3) is 22.6 Å². The predicted octanol–water partition coefficient (Wildman–Crippen LogP) is 3.45. The molecule has 2 aromatic carbocycles. The van der Waals surface area contributed by atoms with Crippen LogP contribution in [0.5, 0.6) is 5.75 Å². The van der Waals surface area contributed by atoms with Gasteiger partial charge in [0.25, 0.3) is 0 Å². The molecule has 0 unspecified atom stereocenters. The number of aromatic amines is 1. The first-order valence-electron chi connectivity index (χ1n) is 13.1. The molecular weight excluding hydrogens is 531 g/mol. The van der Waals surface area contributed by atoms with Crippen LogP contribution in [0.2, 0.25) is 0 Å². The van der Waals surface area contributed by atoms with Crippen molar-refractivity contribution in [2.45, 2.75) is 19.8 Å². The van der Waals surface area contributed by atoms with Gasteiger partial charge in [-0.1, -0.05) is 12.1 Å². The standard InChI is InChI=1S/C29H31FN6O5/c1-29(27(38)31-13-14-37)16-40-26(41-17-29)25-35-23(19-5-7-20(30)8-6-19)24(36-25)22-11-12-32-28(34-22)33-15-18-3-9-21(39-2)10-4-18/h3-12,26,37H,13-17H2,1-2H3,(H,31,38)(H,35,36)(H,32,33,34). The third kappa shape index (κ3) is 6.51. The summed E-state index contributed by atoms with van der Waals surface area (Å²) in [6, 6.07) is 15.4. The molecule has 0 atom stereocenters. The molecule has 4 aromatic rings. The van der Waals surface area contributed by atoms with E-state index in [9.17, 15) is 9.18 Å². The second kappa shape index (κ2) is 12.4. The zero-order valence-electron chi connectivity index (χ0n) is 22.7. The van der Waals surface area contributed by atoms with E-state index in [1.54, 1.807) is 38.4 Å². The maximum absolute atomic E-state index is 13.7. The van der Waals surface area contributed by atoms with Crippen LogP contribution in [0, 0.1) is 11.2 Å². The Bertz CT molecular complexity index is 1470. The molecule has 1 amide bonds. The molecule has 1 fully saturated rings. The minimum absolute atomic E-state index is 0.0871. The molecule has 12 heteroatoms. The lowest BCUT2D eigenvalue weighted by atomic mass is 9.91. The fourth-order valence-electron chi connectivity index (χ4n) is 4.29. The molecule has 2 aromatic heterocycles. The maximum atomic E-state index is 13.7. The Balaban J connectivity index is 1.39. The SMILES string of the molecule is COc1ccc(CNc2nccc(-c3[nH]c(C4OCC(C)(C(=O)NCCO)CO4)nc3-c3ccc(F)cc3)n2)cc1. The molecule has 3 heterocycles. The van der Waals surface area contributed by atoms with E-state index in [0.29, 0.717) is 41.0 Å². The van der Waals surface area contributed by atoms with Crippen LogP contribution in [-0.4, -0.2) is 64.4 Å². The summed E-state index contributed by atoms with van der Waals surface area (Å²) in [5, 5.41) is 14.9. The number of carbonyl (C=O) groups excluding carboxylic acids is 1. The Morgan fingerprint density at radius 2 is 1.85 bits per heavy atom. The number of amides is 1. The van der Waals surface area contributed by atoms with E-state index < -0.39 is 11.7 Å². The number of methoxy groups -OCH3 is 1. The monoisotopic (exact) mass is 562 g/mol. The Morgan fingerprint density at radius 1 is 1.12 bits per heavy atom. The van der Waals surface area contributed by atoms with Gasteiger partial charge >= 0.3 is 0 Å². The normalized spacial score (nSPS) is 18.6. The van der Waals surface area contributed by atoms with Gasteiger partial charge < -0.3 is 34.9 Å². The lowest BCUT2D eigenvalue weighted by molar-refractivity contribution is -0.231. The number of anilines is 1. The summed E-state index contributed by atoms with van der Waals surface area (Å²) in [5.41, 5.74) is 2.43. The van der Waals surface area contributed by atoms with Gasteiger partial charge in [-0.2, -0.15) is 0 Å². The highest BCUT2D eigenvalue weighted by molar-refractivity contribution is 5.82. The van der Waals surface area contributed by atoms with Gasteiger partial charge in [-0.15, -0.1) is 0 Å². The van der Waals surface area contributed by atoms with Crippen LogP contribution in [0.4, 0.5) is 10.3 Å². The Hall–Kier alpha value is -4.39. The number of aliphatic hydroxyl groups is 1. The van der Waals surface area contributed by atoms with E-state index in [4.69, 9.17) is 24.3 Å². The fourth-order valence-corrected chi connectivity index (χ4v) is 4.29. The van der Waals surface area contributed by atoms with Crippen molar-refractivity contribution in [3.05, 3.63) is 78.0 Å². The number of H-pyrrole nitrogens is 1. The first-order valence-corrected chi connectivity index (χ1v) is 13.1. The van der Waals surface area contributed by atoms with E-state index in [2.05, 4.69) is 25.6 Å². The summed E-state index contributed by atoms with van der Waals surface area (Å²) in [6.45, 7) is 2.40. The van der Waals surface area contributed by atoms with Crippen molar-refractivity contribution in [1.29, 1.82) is 0 Å². The summed E-state index contributed by atoms with van der Waals surface area (Å²) in [5.74, 6) is 0.928. The topological polar surface area (TPSA) is 144 Å². The Kier molecular flexibility index (Phi) is 8.53. The highest BCUT2D eigenvalue weighted by Gasteiger charge is 2.40. The average Bonchev–Trinajstić information content (AvgIpc) is 3.45. The number of ether oxygens (including phenoxy) is 3. The minimum Gasteiger partial charge on any atom is -0.497 e. The van der Waals surface area contributed by atoms with Gasteiger partial charge in [-0.3, -0.25) is 4.79 Å². The second-order valence-electron chi connectivity index (χ2n) is 9.81. The Labute approximate surface area is 236 Å². The van der Waals surface area contributed by atoms with Gasteiger partial charge in [0.1, 0.15) is 11.6 Å². The fraction of sp³-hybridized carbons (Fsp3) is 0.310. The van der Waals surface area contributed by atoms with Crippen LogP contribution in [-0.2, 0) is 20.8 Å². The van der Waals surface area contributed by atoms with Crippen LogP contribution in [0.15, 0.2) is 60.8 Å². The van der Waals surface area contributed by atoms with Crippen molar-refractivity contribution in [3.63, 3.8) is 0 Å². The van der Waals surface area contributed by atoms with Crippen LogP contribution >= 0.6 is 0 Å². The number of hydrogen-bond acceptors (Lipinski definition) is 9. The number of aromatic nitrogens is 4. The number of benzene rings is 2. The second-order valence-corrected chi connectivity index (χ2v) is 9.81. The molecule has 0 spiro atoms. The zero-order chi connectivity index (χ0) is 28.8. The molecular formula is C29H31FN6O5. The van der Waals surface area contributed by atoms with Crippen LogP contribution in [0.3, 0.4) is 0 Å². The van der Waals surface area contributed by atoms with E-state index >= 15 is 0 Å². The Morgan fingerprint density at radius 3 is 2.54 bits per heavy atom.